The number of amides is 1. The lowest BCUT2D eigenvalue weighted by molar-refractivity contribution is -0.148. The molecule has 53 heavy (non-hydrogen) atoms. The average molecular weight is 742 g/mol. The van der Waals surface area contributed by atoms with Crippen molar-refractivity contribution in [2.45, 2.75) is 219 Å². The average Bonchev–Trinajstić information content (AvgIpc) is 3.15. The third kappa shape index (κ3) is 36.3. The highest BCUT2D eigenvalue weighted by molar-refractivity contribution is 5.78. The Morgan fingerprint density at radius 2 is 0.981 bits per heavy atom. The van der Waals surface area contributed by atoms with Crippen molar-refractivity contribution in [2.75, 3.05) is 6.61 Å². The molecule has 306 valence electrons. The highest BCUT2D eigenvalue weighted by Gasteiger charge is 2.23. The zero-order valence-corrected chi connectivity index (χ0v) is 34.6. The maximum absolute atomic E-state index is 13.1. The minimum Gasteiger partial charge on any atom is -0.458 e. The van der Waals surface area contributed by atoms with Gasteiger partial charge in [0.2, 0.25) is 5.91 Å². The Morgan fingerprint density at radius 1 is 0.566 bits per heavy atom. The first-order valence-corrected chi connectivity index (χ1v) is 22.0. The van der Waals surface area contributed by atoms with Crippen LogP contribution in [0.15, 0.2) is 60.8 Å². The Kier molecular flexibility index (Phi) is 38.9. The maximum Gasteiger partial charge on any atom is 0.306 e. The molecule has 3 atom stereocenters. The molecule has 0 bridgehead atoms. The fraction of sp³-hybridized carbons (Fsp3) is 0.745. The summed E-state index contributed by atoms with van der Waals surface area (Å²) in [5, 5.41) is 23.5. The molecule has 0 aromatic carbocycles. The van der Waals surface area contributed by atoms with Gasteiger partial charge >= 0.3 is 5.97 Å². The first kappa shape index (κ1) is 50.6. The van der Waals surface area contributed by atoms with E-state index < -0.39 is 18.2 Å². The summed E-state index contributed by atoms with van der Waals surface area (Å²) < 4.78 is 5.77. The van der Waals surface area contributed by atoms with Crippen LogP contribution in [0.25, 0.3) is 0 Å². The topological polar surface area (TPSA) is 95.9 Å². The number of unbranched alkanes of at least 4 members (excludes halogenated alkanes) is 18. The lowest BCUT2D eigenvalue weighted by atomic mass is 10.0. The second kappa shape index (κ2) is 40.7. The van der Waals surface area contributed by atoms with Crippen LogP contribution in [0.4, 0.5) is 0 Å². The fourth-order valence-electron chi connectivity index (χ4n) is 6.27. The molecule has 3 unspecified atom stereocenters. The van der Waals surface area contributed by atoms with Crippen LogP contribution in [0.3, 0.4) is 0 Å². The molecule has 0 saturated heterocycles. The molecule has 0 heterocycles. The van der Waals surface area contributed by atoms with E-state index >= 15 is 0 Å². The number of allylic oxidation sites excluding steroid dienone is 9. The van der Waals surface area contributed by atoms with Gasteiger partial charge in [-0.15, -0.1) is 0 Å². The number of ether oxygens (including phenoxy) is 1. The van der Waals surface area contributed by atoms with E-state index in [2.05, 4.69) is 74.7 Å². The van der Waals surface area contributed by atoms with Gasteiger partial charge in [0.05, 0.1) is 25.2 Å². The second-order valence-corrected chi connectivity index (χ2v) is 14.7. The molecule has 0 spiro atoms. The van der Waals surface area contributed by atoms with E-state index in [4.69, 9.17) is 4.74 Å². The summed E-state index contributed by atoms with van der Waals surface area (Å²) in [6, 6.07) is -0.739. The van der Waals surface area contributed by atoms with Gasteiger partial charge in [-0.2, -0.15) is 0 Å². The molecular formula is C47H83NO5. The van der Waals surface area contributed by atoms with Crippen molar-refractivity contribution in [1.82, 2.24) is 5.32 Å². The Bertz CT molecular complexity index is 968. The third-order valence-corrected chi connectivity index (χ3v) is 9.61. The van der Waals surface area contributed by atoms with Crippen LogP contribution in [0, 0.1) is 0 Å². The molecule has 1 amide bonds. The normalized spacial score (nSPS) is 14.0. The summed E-state index contributed by atoms with van der Waals surface area (Å²) in [6.07, 6.45) is 48.8. The van der Waals surface area contributed by atoms with Gasteiger partial charge in [0.25, 0.3) is 0 Å². The number of hydrogen-bond acceptors (Lipinski definition) is 5. The van der Waals surface area contributed by atoms with E-state index in [1.807, 2.05) is 6.08 Å². The molecule has 0 aromatic heterocycles. The van der Waals surface area contributed by atoms with Crippen LogP contribution >= 0.6 is 0 Å². The number of rotatable bonds is 38. The quantitative estimate of drug-likeness (QED) is 0.0333. The molecule has 0 rings (SSSR count). The van der Waals surface area contributed by atoms with Crippen molar-refractivity contribution in [3.63, 3.8) is 0 Å². The Morgan fingerprint density at radius 3 is 1.43 bits per heavy atom. The van der Waals surface area contributed by atoms with Crippen molar-refractivity contribution in [3.8, 4) is 0 Å². The minimum absolute atomic E-state index is 0.0457. The maximum atomic E-state index is 13.1. The first-order valence-electron chi connectivity index (χ1n) is 22.0. The van der Waals surface area contributed by atoms with Crippen molar-refractivity contribution in [1.29, 1.82) is 0 Å². The Hall–Kier alpha value is -2.44. The van der Waals surface area contributed by atoms with Crippen molar-refractivity contribution < 1.29 is 24.5 Å². The highest BCUT2D eigenvalue weighted by atomic mass is 16.5. The standard InChI is InChI=1S/C47H83NO5/c1-4-7-10-13-16-19-22-23-24-25-26-29-32-35-38-43(53-47(52)40-37-34-31-28-21-18-15-12-9-6-3)41-46(51)48-44(42-49)45(50)39-36-33-30-27-20-17-14-11-8-5-2/h7,10,16,19,23-24,26,29,35,38,43-45,49-50H,4-6,8-9,11-15,17-18,20-22,25,27-28,30-34,36-37,39-42H2,1-3H3,(H,48,51)/b10-7+,19-16+,24-23+,29-26+,38-35+. The Labute approximate surface area is 327 Å². The molecule has 0 radical (unpaired) electrons. The SMILES string of the molecule is CC/C=C/C/C=C/C/C=C/C/C=C/C/C=C/C(CC(=O)NC(CO)C(O)CCCCCCCCCCCC)OC(=O)CCCCCCCCCCCC. The fourth-order valence-corrected chi connectivity index (χ4v) is 6.27. The lowest BCUT2D eigenvalue weighted by Gasteiger charge is -2.23. The van der Waals surface area contributed by atoms with Gasteiger partial charge in [-0.1, -0.05) is 197 Å². The van der Waals surface area contributed by atoms with E-state index in [0.29, 0.717) is 19.3 Å². The lowest BCUT2D eigenvalue weighted by Crippen LogP contribution is -2.46. The number of nitrogens with one attached hydrogen (secondary N) is 1. The summed E-state index contributed by atoms with van der Waals surface area (Å²) in [7, 11) is 0. The van der Waals surface area contributed by atoms with Crippen LogP contribution in [0.2, 0.25) is 0 Å². The molecular weight excluding hydrogens is 659 g/mol. The van der Waals surface area contributed by atoms with Crippen LogP contribution in [-0.2, 0) is 14.3 Å². The molecule has 0 aliphatic heterocycles. The molecule has 0 fully saturated rings. The molecule has 0 aliphatic rings. The third-order valence-electron chi connectivity index (χ3n) is 9.61. The molecule has 0 aliphatic carbocycles. The zero-order chi connectivity index (χ0) is 38.9. The monoisotopic (exact) mass is 742 g/mol. The Balaban J connectivity index is 4.80. The molecule has 0 saturated carbocycles. The highest BCUT2D eigenvalue weighted by Crippen LogP contribution is 2.15. The van der Waals surface area contributed by atoms with E-state index in [1.165, 1.54) is 89.9 Å². The van der Waals surface area contributed by atoms with E-state index in [1.54, 1.807) is 6.08 Å². The summed E-state index contributed by atoms with van der Waals surface area (Å²) in [5.41, 5.74) is 0. The number of aliphatic hydroxyl groups excluding tert-OH is 2. The van der Waals surface area contributed by atoms with Gasteiger partial charge < -0.3 is 20.3 Å². The van der Waals surface area contributed by atoms with Crippen molar-refractivity contribution in [2.24, 2.45) is 0 Å². The van der Waals surface area contributed by atoms with Gasteiger partial charge in [0.15, 0.2) is 0 Å². The van der Waals surface area contributed by atoms with E-state index in [9.17, 15) is 19.8 Å². The van der Waals surface area contributed by atoms with Crippen LogP contribution < -0.4 is 5.32 Å². The molecule has 3 N–H and O–H groups in total. The molecule has 6 nitrogen and oxygen atoms in total. The second-order valence-electron chi connectivity index (χ2n) is 14.7. The van der Waals surface area contributed by atoms with Crippen LogP contribution in [-0.4, -0.2) is 46.9 Å². The van der Waals surface area contributed by atoms with Crippen molar-refractivity contribution in [3.05, 3.63) is 60.8 Å². The molecule has 0 aromatic rings. The largest absolute Gasteiger partial charge is 0.458 e. The smallest absolute Gasteiger partial charge is 0.306 e. The predicted octanol–water partition coefficient (Wildman–Crippen LogP) is 12.5. The van der Waals surface area contributed by atoms with E-state index in [0.717, 1.165) is 64.2 Å². The number of carbonyl (C=O) groups excluding carboxylic acids is 2. The number of carbonyl (C=O) groups is 2. The van der Waals surface area contributed by atoms with Gasteiger partial charge in [0.1, 0.15) is 6.10 Å². The van der Waals surface area contributed by atoms with Crippen molar-refractivity contribution >= 4 is 11.9 Å². The van der Waals surface area contributed by atoms with Gasteiger partial charge in [-0.25, -0.2) is 0 Å². The summed E-state index contributed by atoms with van der Waals surface area (Å²) >= 11 is 0. The van der Waals surface area contributed by atoms with Gasteiger partial charge in [-0.05, 0) is 51.0 Å². The zero-order valence-electron chi connectivity index (χ0n) is 34.6. The summed E-state index contributed by atoms with van der Waals surface area (Å²) in [4.78, 5) is 25.8. The first-order chi connectivity index (χ1) is 26.0. The minimum atomic E-state index is -0.816. The summed E-state index contributed by atoms with van der Waals surface area (Å²) in [6.45, 7) is 6.28. The molecule has 6 heteroatoms. The van der Waals surface area contributed by atoms with Crippen LogP contribution in [0.1, 0.15) is 201 Å². The van der Waals surface area contributed by atoms with Crippen LogP contribution in [0.5, 0.6) is 0 Å². The summed E-state index contributed by atoms with van der Waals surface area (Å²) in [5.74, 6) is -0.633. The van der Waals surface area contributed by atoms with Gasteiger partial charge in [-0.3, -0.25) is 9.59 Å². The predicted molar refractivity (Wildman–Crippen MR) is 227 cm³/mol. The van der Waals surface area contributed by atoms with Gasteiger partial charge in [0, 0.05) is 6.42 Å². The number of esters is 1. The van der Waals surface area contributed by atoms with E-state index in [-0.39, 0.29) is 24.9 Å². The number of aliphatic hydroxyl groups is 2. The number of hydrogen-bond donors (Lipinski definition) is 3.